The van der Waals surface area contributed by atoms with Crippen LogP contribution in [0.2, 0.25) is 0 Å². The smallest absolute Gasteiger partial charge is 0.323 e. The van der Waals surface area contributed by atoms with E-state index in [1.165, 1.54) is 11.3 Å². The maximum absolute atomic E-state index is 11.1. The van der Waals surface area contributed by atoms with Crippen LogP contribution in [0.4, 0.5) is 0 Å². The molecule has 1 aromatic rings. The van der Waals surface area contributed by atoms with Crippen LogP contribution < -0.4 is 5.32 Å². The summed E-state index contributed by atoms with van der Waals surface area (Å²) in [6.45, 7) is 4.20. The van der Waals surface area contributed by atoms with E-state index in [-0.39, 0.29) is 0 Å². The molecule has 0 bridgehead atoms. The minimum absolute atomic E-state index is 0.506. The summed E-state index contributed by atoms with van der Waals surface area (Å²) in [5, 5.41) is 14.1. The Morgan fingerprint density at radius 3 is 2.93 bits per heavy atom. The van der Waals surface area contributed by atoms with Crippen LogP contribution in [0.25, 0.3) is 0 Å². The molecule has 0 aromatic carbocycles. The minimum atomic E-state index is -0.849. The lowest BCUT2D eigenvalue weighted by molar-refractivity contribution is -0.144. The van der Waals surface area contributed by atoms with Gasteiger partial charge in [-0.2, -0.15) is 0 Å². The van der Waals surface area contributed by atoms with Gasteiger partial charge in [0.25, 0.3) is 0 Å². The highest BCUT2D eigenvalue weighted by Gasteiger charge is 2.31. The van der Waals surface area contributed by atoms with Crippen LogP contribution in [0.5, 0.6) is 0 Å². The summed E-state index contributed by atoms with van der Waals surface area (Å²) in [5.74, 6) is -0.806. The predicted octanol–water partition coefficient (Wildman–Crippen LogP) is 1.88. The lowest BCUT2D eigenvalue weighted by atomic mass is 9.96. The monoisotopic (exact) mass is 228 g/mol. The molecule has 1 heterocycles. The summed E-state index contributed by atoms with van der Waals surface area (Å²) in [4.78, 5) is 15.2. The van der Waals surface area contributed by atoms with Gasteiger partial charge in [-0.1, -0.05) is 13.3 Å². The van der Waals surface area contributed by atoms with Crippen molar-refractivity contribution in [1.82, 2.24) is 10.3 Å². The van der Waals surface area contributed by atoms with Crippen molar-refractivity contribution in [2.75, 3.05) is 0 Å². The van der Waals surface area contributed by atoms with Gasteiger partial charge in [-0.15, -0.1) is 11.3 Å². The average Bonchev–Trinajstić information content (AvgIpc) is 2.67. The van der Waals surface area contributed by atoms with Gasteiger partial charge in [0.05, 0.1) is 11.2 Å². The van der Waals surface area contributed by atoms with Gasteiger partial charge in [-0.3, -0.25) is 10.1 Å². The molecule has 5 heteroatoms. The molecule has 0 amide bonds. The van der Waals surface area contributed by atoms with E-state index in [0.29, 0.717) is 13.0 Å². The molecular formula is C10H16N2O2S. The first-order chi connectivity index (χ1) is 7.08. The maximum Gasteiger partial charge on any atom is 0.323 e. The molecule has 2 N–H and O–H groups in total. The second kappa shape index (κ2) is 5.23. The molecule has 0 aliphatic rings. The number of carboxylic acid groups (broad SMARTS) is 1. The van der Waals surface area contributed by atoms with E-state index in [9.17, 15) is 4.79 Å². The third kappa shape index (κ3) is 3.28. The number of rotatable bonds is 6. The van der Waals surface area contributed by atoms with Crippen molar-refractivity contribution in [3.05, 3.63) is 16.6 Å². The number of thiazole rings is 1. The Hall–Kier alpha value is -0.940. The molecule has 0 aliphatic carbocycles. The Bertz CT molecular complexity index is 313. The number of carboxylic acids is 1. The lowest BCUT2D eigenvalue weighted by Gasteiger charge is -2.25. The Morgan fingerprint density at radius 1 is 1.73 bits per heavy atom. The first-order valence-corrected chi connectivity index (χ1v) is 5.88. The van der Waals surface area contributed by atoms with Crippen molar-refractivity contribution in [2.45, 2.75) is 38.8 Å². The van der Waals surface area contributed by atoms with Crippen LogP contribution in [0.15, 0.2) is 10.9 Å². The summed E-state index contributed by atoms with van der Waals surface area (Å²) in [6.07, 6.45) is 1.46. The van der Waals surface area contributed by atoms with Gasteiger partial charge < -0.3 is 5.11 Å². The van der Waals surface area contributed by atoms with Gasteiger partial charge in [-0.05, 0) is 13.3 Å². The van der Waals surface area contributed by atoms with Crippen molar-refractivity contribution in [2.24, 2.45) is 0 Å². The molecule has 15 heavy (non-hydrogen) atoms. The number of hydrogen-bond acceptors (Lipinski definition) is 4. The summed E-state index contributed by atoms with van der Waals surface area (Å²) in [7, 11) is 0. The first-order valence-electron chi connectivity index (χ1n) is 4.94. The number of hydrogen-bond donors (Lipinski definition) is 2. The Morgan fingerprint density at radius 2 is 2.47 bits per heavy atom. The fraction of sp³-hybridized carbons (Fsp3) is 0.600. The van der Waals surface area contributed by atoms with Gasteiger partial charge in [0.2, 0.25) is 0 Å². The highest BCUT2D eigenvalue weighted by Crippen LogP contribution is 2.13. The summed E-state index contributed by atoms with van der Waals surface area (Å²) in [5.41, 5.74) is 1.79. The topological polar surface area (TPSA) is 62.2 Å². The number of nitrogens with one attached hydrogen (secondary N) is 1. The molecule has 84 valence electrons. The quantitative estimate of drug-likeness (QED) is 0.780. The molecule has 1 aromatic heterocycles. The van der Waals surface area contributed by atoms with E-state index in [1.54, 1.807) is 12.4 Å². The molecule has 1 unspecified atom stereocenters. The Kier molecular flexibility index (Phi) is 4.23. The van der Waals surface area contributed by atoms with Crippen LogP contribution in [0.3, 0.4) is 0 Å². The second-order valence-electron chi connectivity index (χ2n) is 3.72. The summed E-state index contributed by atoms with van der Waals surface area (Å²) in [6, 6.07) is 0. The number of nitrogens with zero attached hydrogens (tertiary/aromatic N) is 1. The van der Waals surface area contributed by atoms with E-state index < -0.39 is 11.5 Å². The molecule has 0 spiro atoms. The van der Waals surface area contributed by atoms with Gasteiger partial charge in [0, 0.05) is 11.9 Å². The van der Waals surface area contributed by atoms with Gasteiger partial charge in [0.15, 0.2) is 0 Å². The van der Waals surface area contributed by atoms with Crippen LogP contribution in [-0.2, 0) is 11.3 Å². The molecule has 0 saturated heterocycles. The zero-order chi connectivity index (χ0) is 11.3. The lowest BCUT2D eigenvalue weighted by Crippen LogP contribution is -2.48. The van der Waals surface area contributed by atoms with Crippen molar-refractivity contribution >= 4 is 17.3 Å². The fourth-order valence-electron chi connectivity index (χ4n) is 1.38. The highest BCUT2D eigenvalue weighted by molar-refractivity contribution is 7.07. The van der Waals surface area contributed by atoms with Gasteiger partial charge >= 0.3 is 5.97 Å². The molecule has 0 aliphatic heterocycles. The minimum Gasteiger partial charge on any atom is -0.480 e. The van der Waals surface area contributed by atoms with Crippen LogP contribution >= 0.6 is 11.3 Å². The van der Waals surface area contributed by atoms with Crippen LogP contribution in [-0.4, -0.2) is 21.6 Å². The van der Waals surface area contributed by atoms with Crippen LogP contribution in [0, 0.1) is 0 Å². The van der Waals surface area contributed by atoms with Crippen molar-refractivity contribution < 1.29 is 9.90 Å². The average molecular weight is 228 g/mol. The predicted molar refractivity (Wildman–Crippen MR) is 59.9 cm³/mol. The van der Waals surface area contributed by atoms with Crippen molar-refractivity contribution in [3.63, 3.8) is 0 Å². The van der Waals surface area contributed by atoms with E-state index in [0.717, 1.165) is 12.1 Å². The summed E-state index contributed by atoms with van der Waals surface area (Å²) >= 11 is 1.51. The van der Waals surface area contributed by atoms with Gasteiger partial charge in [-0.25, -0.2) is 4.98 Å². The third-order valence-electron chi connectivity index (χ3n) is 2.37. The molecular weight excluding hydrogens is 212 g/mol. The van der Waals surface area contributed by atoms with Gasteiger partial charge in [0.1, 0.15) is 5.54 Å². The number of carbonyl (C=O) groups is 1. The van der Waals surface area contributed by atoms with E-state index in [2.05, 4.69) is 10.3 Å². The largest absolute Gasteiger partial charge is 0.480 e. The zero-order valence-electron chi connectivity index (χ0n) is 8.99. The van der Waals surface area contributed by atoms with E-state index in [4.69, 9.17) is 5.11 Å². The normalized spacial score (nSPS) is 14.8. The second-order valence-corrected chi connectivity index (χ2v) is 4.44. The zero-order valence-corrected chi connectivity index (χ0v) is 9.80. The SMILES string of the molecule is CCCC(C)(NCc1cscn1)C(=O)O. The van der Waals surface area contributed by atoms with E-state index in [1.807, 2.05) is 12.3 Å². The maximum atomic E-state index is 11.1. The molecule has 0 fully saturated rings. The first kappa shape index (κ1) is 12.1. The third-order valence-corrected chi connectivity index (χ3v) is 3.00. The standard InChI is InChI=1S/C10H16N2O2S/c1-3-4-10(2,9(13)14)12-5-8-6-15-7-11-8/h6-7,12H,3-5H2,1-2H3,(H,13,14). The molecule has 1 atom stereocenters. The van der Waals surface area contributed by atoms with Crippen molar-refractivity contribution in [3.8, 4) is 0 Å². The van der Waals surface area contributed by atoms with Crippen LogP contribution in [0.1, 0.15) is 32.4 Å². The molecule has 0 saturated carbocycles. The molecule has 4 nitrogen and oxygen atoms in total. The Balaban J connectivity index is 2.56. The van der Waals surface area contributed by atoms with Crippen molar-refractivity contribution in [1.29, 1.82) is 0 Å². The Labute approximate surface area is 93.4 Å². The summed E-state index contributed by atoms with van der Waals surface area (Å²) < 4.78 is 0. The highest BCUT2D eigenvalue weighted by atomic mass is 32.1. The fourth-order valence-corrected chi connectivity index (χ4v) is 1.94. The molecule has 1 rings (SSSR count). The molecule has 0 radical (unpaired) electrons. The number of aliphatic carboxylic acids is 1. The van der Waals surface area contributed by atoms with E-state index >= 15 is 0 Å². The number of aromatic nitrogens is 1.